The molecule has 0 amide bonds. The summed E-state index contributed by atoms with van der Waals surface area (Å²) in [6.45, 7) is 13.0. The normalized spacial score (nSPS) is 14.3. The highest BCUT2D eigenvalue weighted by atomic mass is 16.1. The number of carbonyl (C=O) groups excluding carboxylic acids is 3. The van der Waals surface area contributed by atoms with Crippen LogP contribution in [0.15, 0.2) is 309 Å². The number of para-hydroxylation sites is 4. The lowest BCUT2D eigenvalue weighted by Crippen LogP contribution is -2.44. The minimum Gasteiger partial charge on any atom is -0.311 e. The third kappa shape index (κ3) is 9.71. The van der Waals surface area contributed by atoms with Gasteiger partial charge in [-0.1, -0.05) is 260 Å². The van der Waals surface area contributed by atoms with Gasteiger partial charge in [-0.05, 0) is 174 Å². The molecule has 0 atom stereocenters. The van der Waals surface area contributed by atoms with E-state index in [1.807, 2.05) is 54.6 Å². The first-order chi connectivity index (χ1) is 46.7. The van der Waals surface area contributed by atoms with Gasteiger partial charge >= 0.3 is 0 Å². The van der Waals surface area contributed by atoms with E-state index in [1.165, 1.54) is 16.7 Å². The van der Waals surface area contributed by atoms with Crippen LogP contribution >= 0.6 is 0 Å². The Bertz CT molecular complexity index is 4530. The molecule has 0 radical (unpaired) electrons. The summed E-state index contributed by atoms with van der Waals surface area (Å²) in [5.41, 5.74) is 20.5. The minimum absolute atomic E-state index is 0.0371. The van der Waals surface area contributed by atoms with E-state index in [-0.39, 0.29) is 23.3 Å². The van der Waals surface area contributed by atoms with E-state index in [4.69, 9.17) is 0 Å². The van der Waals surface area contributed by atoms with Crippen LogP contribution in [0.4, 0.5) is 34.1 Å². The Morgan fingerprint density at radius 1 is 0.240 bits per heavy atom. The number of rotatable bonds is 12. The SMILES string of the molecule is CC1(C)c2cc(-c3ccc(C(c4ccccc4)c4ccccc4)cc3)ccc2C(=O)c2c1c1c(c3c2C(C)(C)c2cc(-c4ccc(N(c5ccccc5)c5ccccc5)cc4)ccc2C3=O)C(C)(C)c2cc(-c3ccc(N(c4ccccc4)c4ccccc4)cc3)ccc2C1=O. The van der Waals surface area contributed by atoms with Gasteiger partial charge < -0.3 is 9.80 Å². The van der Waals surface area contributed by atoms with Crippen LogP contribution in [0.3, 0.4) is 0 Å². The maximum atomic E-state index is 16.4. The lowest BCUT2D eigenvalue weighted by atomic mass is 9.54. The number of nitrogens with zero attached hydrogens (tertiary/aromatic N) is 2. The molecule has 5 nitrogen and oxygen atoms in total. The summed E-state index contributed by atoms with van der Waals surface area (Å²) in [4.78, 5) is 53.7. The first kappa shape index (κ1) is 59.5. The van der Waals surface area contributed by atoms with Gasteiger partial charge in [0.15, 0.2) is 17.3 Å². The number of benzene rings is 13. The van der Waals surface area contributed by atoms with Gasteiger partial charge in [0.1, 0.15) is 0 Å². The van der Waals surface area contributed by atoms with Crippen LogP contribution < -0.4 is 9.80 Å². The molecule has 0 aliphatic heterocycles. The van der Waals surface area contributed by atoms with E-state index in [2.05, 4.69) is 306 Å². The molecule has 0 bridgehead atoms. The summed E-state index contributed by atoms with van der Waals surface area (Å²) in [5, 5.41) is 0. The van der Waals surface area contributed by atoms with Crippen LogP contribution in [-0.2, 0) is 16.2 Å². The van der Waals surface area contributed by atoms with Gasteiger partial charge in [0, 0.05) is 89.7 Å². The van der Waals surface area contributed by atoms with Crippen LogP contribution in [0.25, 0.3) is 33.4 Å². The average molecular weight is 1240 g/mol. The van der Waals surface area contributed by atoms with E-state index in [1.54, 1.807) is 0 Å². The van der Waals surface area contributed by atoms with Crippen molar-refractivity contribution >= 4 is 51.5 Å². The first-order valence-corrected chi connectivity index (χ1v) is 33.2. The van der Waals surface area contributed by atoms with Gasteiger partial charge in [0.25, 0.3) is 0 Å². The average Bonchev–Trinajstić information content (AvgIpc) is 0.668. The molecule has 0 fully saturated rings. The van der Waals surface area contributed by atoms with Crippen LogP contribution in [-0.4, -0.2) is 17.3 Å². The molecule has 0 aromatic heterocycles. The summed E-state index contributed by atoms with van der Waals surface area (Å²) < 4.78 is 0. The van der Waals surface area contributed by atoms with Crippen molar-refractivity contribution in [3.63, 3.8) is 0 Å². The molecule has 0 spiro atoms. The number of anilines is 6. The highest BCUT2D eigenvalue weighted by Gasteiger charge is 2.54. The molecule has 462 valence electrons. The van der Waals surface area contributed by atoms with E-state index in [0.29, 0.717) is 50.1 Å². The molecular formula is C91H70N2O3. The minimum atomic E-state index is -0.913. The molecule has 13 aromatic rings. The summed E-state index contributed by atoms with van der Waals surface area (Å²) in [7, 11) is 0. The van der Waals surface area contributed by atoms with Gasteiger partial charge in [-0.3, -0.25) is 14.4 Å². The molecule has 16 rings (SSSR count). The van der Waals surface area contributed by atoms with Crippen LogP contribution in [0.2, 0.25) is 0 Å². The molecule has 96 heavy (non-hydrogen) atoms. The molecule has 0 N–H and O–H groups in total. The lowest BCUT2D eigenvalue weighted by Gasteiger charge is -2.47. The smallest absolute Gasteiger partial charge is 0.194 e. The number of fused-ring (bicyclic) bond motifs is 9. The van der Waals surface area contributed by atoms with Crippen LogP contribution in [0, 0.1) is 0 Å². The largest absolute Gasteiger partial charge is 0.311 e. The van der Waals surface area contributed by atoms with Crippen molar-refractivity contribution in [1.29, 1.82) is 0 Å². The highest BCUT2D eigenvalue weighted by molar-refractivity contribution is 6.26. The zero-order valence-electron chi connectivity index (χ0n) is 54.6. The fraction of sp³-hybridized carbons (Fsp3) is 0.110. The van der Waals surface area contributed by atoms with Crippen molar-refractivity contribution < 1.29 is 14.4 Å². The zero-order chi connectivity index (χ0) is 65.6. The van der Waals surface area contributed by atoms with E-state index >= 15 is 14.4 Å². The monoisotopic (exact) mass is 1240 g/mol. The number of hydrogen-bond donors (Lipinski definition) is 0. The van der Waals surface area contributed by atoms with Crippen molar-refractivity contribution in [2.45, 2.75) is 63.7 Å². The molecule has 0 unspecified atom stereocenters. The number of ketones is 3. The maximum Gasteiger partial charge on any atom is 0.194 e. The molecule has 5 heteroatoms. The van der Waals surface area contributed by atoms with E-state index < -0.39 is 16.2 Å². The number of carbonyl (C=O) groups is 3. The van der Waals surface area contributed by atoms with Gasteiger partial charge in [-0.2, -0.15) is 0 Å². The summed E-state index contributed by atoms with van der Waals surface area (Å²) >= 11 is 0. The number of hydrogen-bond acceptors (Lipinski definition) is 5. The van der Waals surface area contributed by atoms with Crippen molar-refractivity contribution in [2.75, 3.05) is 9.80 Å². The van der Waals surface area contributed by atoms with Crippen LogP contribution in [0.1, 0.15) is 145 Å². The van der Waals surface area contributed by atoms with E-state index in [9.17, 15) is 0 Å². The first-order valence-electron chi connectivity index (χ1n) is 33.2. The Morgan fingerprint density at radius 3 is 0.729 bits per heavy atom. The van der Waals surface area contributed by atoms with Crippen molar-refractivity contribution in [3.8, 4) is 33.4 Å². The Labute approximate surface area is 562 Å². The molecule has 0 saturated carbocycles. The third-order valence-corrected chi connectivity index (χ3v) is 20.7. The van der Waals surface area contributed by atoms with Crippen molar-refractivity contribution in [3.05, 3.63) is 393 Å². The van der Waals surface area contributed by atoms with E-state index in [0.717, 1.165) is 84.2 Å². The maximum absolute atomic E-state index is 16.4. The second kappa shape index (κ2) is 23.2. The molecule has 3 aliphatic rings. The molecule has 0 saturated heterocycles. The van der Waals surface area contributed by atoms with Gasteiger partial charge in [-0.25, -0.2) is 0 Å². The van der Waals surface area contributed by atoms with Crippen molar-refractivity contribution in [1.82, 2.24) is 0 Å². The van der Waals surface area contributed by atoms with Crippen LogP contribution in [0.5, 0.6) is 0 Å². The Balaban J connectivity index is 0.837. The summed E-state index contributed by atoms with van der Waals surface area (Å²) in [6, 6.07) is 107. The quantitative estimate of drug-likeness (QED) is 0.114. The lowest BCUT2D eigenvalue weighted by molar-refractivity contribution is 0.102. The topological polar surface area (TPSA) is 57.7 Å². The predicted molar refractivity (Wildman–Crippen MR) is 392 cm³/mol. The molecular weight excluding hydrogens is 1170 g/mol. The molecule has 0 heterocycles. The van der Waals surface area contributed by atoms with Gasteiger partial charge in [0.05, 0.1) is 0 Å². The Kier molecular flexibility index (Phi) is 14.4. The van der Waals surface area contributed by atoms with Crippen molar-refractivity contribution in [2.24, 2.45) is 0 Å². The second-order valence-corrected chi connectivity index (χ2v) is 27.4. The molecule has 3 aliphatic carbocycles. The Morgan fingerprint density at radius 2 is 0.458 bits per heavy atom. The summed E-state index contributed by atoms with van der Waals surface area (Å²) in [5.74, 6) is -0.511. The van der Waals surface area contributed by atoms with Gasteiger partial charge in [-0.15, -0.1) is 0 Å². The standard InChI is InChI=1S/C91H70N2O3/c1-89(2)76-55-64(58-37-39-63(40-38-58)79(61-25-13-7-14-26-61)62-27-15-8-16-28-62)45-52-73(76)86(94)80-83(89)81-85(91(5,6)77-56-65(46-53-74(77)87(81)95)59-41-48-71(49-42-59)92(67-29-17-9-18-30-67)68-31-19-10-20-32-68)82-84(80)90(3,4)78-57-66(47-54-75(78)88(82)96)60-43-50-72(51-44-60)93(69-33-21-11-22-34-69)70-35-23-12-24-36-70/h7-57,79H,1-6H3. The predicted octanol–water partition coefficient (Wildman–Crippen LogP) is 22.4. The fourth-order valence-electron chi connectivity index (χ4n) is 16.0. The Hall–Kier alpha value is -11.5. The van der Waals surface area contributed by atoms with Gasteiger partial charge in [0.2, 0.25) is 0 Å². The molecule has 13 aromatic carbocycles. The fourth-order valence-corrected chi connectivity index (χ4v) is 16.0. The summed E-state index contributed by atoms with van der Waals surface area (Å²) in [6.07, 6.45) is 0. The third-order valence-electron chi connectivity index (χ3n) is 20.7. The zero-order valence-corrected chi connectivity index (χ0v) is 54.6. The highest BCUT2D eigenvalue weighted by Crippen LogP contribution is 2.58. The second-order valence-electron chi connectivity index (χ2n) is 27.4.